The van der Waals surface area contributed by atoms with Crippen LogP contribution in [-0.4, -0.2) is 10.8 Å². The molecule has 1 heterocycles. The normalized spacial score (nSPS) is 11.2. The molecule has 3 aromatic rings. The molecule has 1 aromatic heterocycles. The first-order valence-electron chi connectivity index (χ1n) is 7.33. The number of aliphatic imine (C=N–C) groups is 1. The van der Waals surface area contributed by atoms with Gasteiger partial charge in [0.25, 0.3) is 0 Å². The predicted molar refractivity (Wildman–Crippen MR) is 96.5 cm³/mol. The summed E-state index contributed by atoms with van der Waals surface area (Å²) in [6.45, 7) is 2.15. The van der Waals surface area contributed by atoms with E-state index in [0.717, 1.165) is 28.0 Å². The number of rotatable bonds is 4. The van der Waals surface area contributed by atoms with Crippen molar-refractivity contribution in [2.45, 2.75) is 13.3 Å². The van der Waals surface area contributed by atoms with E-state index in [-0.39, 0.29) is 0 Å². The van der Waals surface area contributed by atoms with Crippen LogP contribution in [0.25, 0.3) is 5.69 Å². The fourth-order valence-electron chi connectivity index (χ4n) is 2.41. The topological polar surface area (TPSA) is 17.3 Å². The monoisotopic (exact) mass is 352 g/mol. The third kappa shape index (κ3) is 3.20. The van der Waals surface area contributed by atoms with Crippen molar-refractivity contribution in [3.63, 3.8) is 0 Å². The lowest BCUT2D eigenvalue weighted by molar-refractivity contribution is 1.07. The summed E-state index contributed by atoms with van der Waals surface area (Å²) in [5.41, 5.74) is 4.49. The van der Waals surface area contributed by atoms with E-state index in [4.69, 9.17) is 0 Å². The highest BCUT2D eigenvalue weighted by atomic mass is 79.9. The Bertz CT molecular complexity index is 785. The van der Waals surface area contributed by atoms with Gasteiger partial charge >= 0.3 is 0 Å². The Labute approximate surface area is 139 Å². The molecule has 0 bridgehead atoms. The molecule has 0 saturated heterocycles. The van der Waals surface area contributed by atoms with Crippen molar-refractivity contribution < 1.29 is 0 Å². The molecular formula is C19H17BrN2. The minimum atomic E-state index is 0.987. The average Bonchev–Trinajstić information content (AvgIpc) is 3.02. The summed E-state index contributed by atoms with van der Waals surface area (Å²) in [5.74, 6) is 0. The highest BCUT2D eigenvalue weighted by Crippen LogP contribution is 2.20. The Morgan fingerprint density at radius 1 is 1.00 bits per heavy atom. The maximum atomic E-state index is 4.67. The van der Waals surface area contributed by atoms with E-state index in [0.29, 0.717) is 0 Å². The number of benzene rings is 2. The average molecular weight is 353 g/mol. The second-order valence-corrected chi connectivity index (χ2v) is 5.94. The minimum Gasteiger partial charge on any atom is -0.316 e. The molecule has 22 heavy (non-hydrogen) atoms. The molecule has 0 radical (unpaired) electrons. The molecule has 0 saturated carbocycles. The quantitative estimate of drug-likeness (QED) is 0.547. The van der Waals surface area contributed by atoms with Crippen LogP contribution >= 0.6 is 15.9 Å². The van der Waals surface area contributed by atoms with Crippen molar-refractivity contribution >= 4 is 27.8 Å². The number of hydrogen-bond acceptors (Lipinski definition) is 1. The largest absolute Gasteiger partial charge is 0.316 e. The van der Waals surface area contributed by atoms with Gasteiger partial charge < -0.3 is 4.57 Å². The maximum Gasteiger partial charge on any atom is 0.0662 e. The van der Waals surface area contributed by atoms with Crippen LogP contribution in [0.3, 0.4) is 0 Å². The van der Waals surface area contributed by atoms with Crippen LogP contribution in [0.1, 0.15) is 18.2 Å². The van der Waals surface area contributed by atoms with Crippen LogP contribution in [0, 0.1) is 0 Å². The number of aryl methyl sites for hydroxylation is 1. The third-order valence-corrected chi connectivity index (χ3v) is 4.12. The van der Waals surface area contributed by atoms with E-state index in [9.17, 15) is 0 Å². The van der Waals surface area contributed by atoms with Crippen LogP contribution in [0.2, 0.25) is 0 Å². The summed E-state index contributed by atoms with van der Waals surface area (Å²) < 4.78 is 3.21. The molecule has 0 N–H and O–H groups in total. The molecule has 0 aliphatic carbocycles. The first-order chi connectivity index (χ1) is 10.8. The molecule has 0 spiro atoms. The third-order valence-electron chi connectivity index (χ3n) is 3.59. The van der Waals surface area contributed by atoms with E-state index in [1.54, 1.807) is 0 Å². The Morgan fingerprint density at radius 2 is 1.77 bits per heavy atom. The van der Waals surface area contributed by atoms with E-state index in [1.807, 2.05) is 30.5 Å². The summed E-state index contributed by atoms with van der Waals surface area (Å²) in [6, 6.07) is 20.6. The van der Waals surface area contributed by atoms with Crippen LogP contribution in [-0.2, 0) is 6.42 Å². The van der Waals surface area contributed by atoms with Gasteiger partial charge in [0.05, 0.1) is 17.6 Å². The summed E-state index contributed by atoms with van der Waals surface area (Å²) >= 11 is 3.47. The Kier molecular flexibility index (Phi) is 4.54. The van der Waals surface area contributed by atoms with Crippen molar-refractivity contribution in [1.29, 1.82) is 0 Å². The van der Waals surface area contributed by atoms with Crippen molar-refractivity contribution in [1.82, 2.24) is 4.57 Å². The first-order valence-corrected chi connectivity index (χ1v) is 8.12. The second-order valence-electron chi connectivity index (χ2n) is 5.02. The lowest BCUT2D eigenvalue weighted by Crippen LogP contribution is -1.97. The molecule has 0 atom stereocenters. The van der Waals surface area contributed by atoms with Crippen LogP contribution < -0.4 is 0 Å². The van der Waals surface area contributed by atoms with Gasteiger partial charge in [-0.1, -0.05) is 41.1 Å². The number of para-hydroxylation sites is 1. The number of hydrogen-bond donors (Lipinski definition) is 0. The fraction of sp³-hybridized carbons (Fsp3) is 0.105. The SMILES string of the molecule is CCc1ccccc1N=Cc1cccn1-c1ccc(Br)cc1. The standard InChI is InChI=1S/C19H17BrN2/c1-2-15-6-3-4-8-19(15)21-14-18-7-5-13-22(18)17-11-9-16(20)10-12-17/h3-14H,2H2,1H3. The van der Waals surface area contributed by atoms with Crippen LogP contribution in [0.5, 0.6) is 0 Å². The van der Waals surface area contributed by atoms with E-state index in [1.165, 1.54) is 5.56 Å². The van der Waals surface area contributed by atoms with Gasteiger partial charge in [-0.05, 0) is 54.4 Å². The van der Waals surface area contributed by atoms with Gasteiger partial charge in [-0.2, -0.15) is 0 Å². The summed E-state index contributed by atoms with van der Waals surface area (Å²) in [5, 5.41) is 0. The van der Waals surface area contributed by atoms with Gasteiger partial charge in [0, 0.05) is 16.4 Å². The van der Waals surface area contributed by atoms with Crippen LogP contribution in [0.15, 0.2) is 76.3 Å². The van der Waals surface area contributed by atoms with Gasteiger partial charge in [-0.15, -0.1) is 0 Å². The molecule has 2 aromatic carbocycles. The lowest BCUT2D eigenvalue weighted by Gasteiger charge is -2.07. The highest BCUT2D eigenvalue weighted by molar-refractivity contribution is 9.10. The zero-order chi connectivity index (χ0) is 15.4. The minimum absolute atomic E-state index is 0.987. The second kappa shape index (κ2) is 6.75. The molecule has 3 heteroatoms. The van der Waals surface area contributed by atoms with Crippen molar-refractivity contribution in [2.24, 2.45) is 4.99 Å². The van der Waals surface area contributed by atoms with Crippen molar-refractivity contribution in [2.75, 3.05) is 0 Å². The van der Waals surface area contributed by atoms with Gasteiger partial charge in [-0.25, -0.2) is 0 Å². The molecule has 3 rings (SSSR count). The molecule has 0 unspecified atom stereocenters. The zero-order valence-electron chi connectivity index (χ0n) is 12.4. The Morgan fingerprint density at radius 3 is 2.55 bits per heavy atom. The summed E-state index contributed by atoms with van der Waals surface area (Å²) in [4.78, 5) is 4.67. The predicted octanol–water partition coefficient (Wildman–Crippen LogP) is 5.55. The van der Waals surface area contributed by atoms with Gasteiger partial charge in [0.15, 0.2) is 0 Å². The Balaban J connectivity index is 1.92. The van der Waals surface area contributed by atoms with Gasteiger partial charge in [0.1, 0.15) is 0 Å². The fourth-order valence-corrected chi connectivity index (χ4v) is 2.67. The first kappa shape index (κ1) is 14.8. The van der Waals surface area contributed by atoms with E-state index < -0.39 is 0 Å². The summed E-state index contributed by atoms with van der Waals surface area (Å²) in [6.07, 6.45) is 4.97. The smallest absolute Gasteiger partial charge is 0.0662 e. The Hall–Kier alpha value is -2.13. The van der Waals surface area contributed by atoms with Gasteiger partial charge in [0.2, 0.25) is 0 Å². The molecule has 110 valence electrons. The van der Waals surface area contributed by atoms with E-state index in [2.05, 4.69) is 75.0 Å². The summed E-state index contributed by atoms with van der Waals surface area (Å²) in [7, 11) is 0. The molecule has 0 aliphatic heterocycles. The molecule has 0 fully saturated rings. The van der Waals surface area contributed by atoms with Gasteiger partial charge in [-0.3, -0.25) is 4.99 Å². The molecule has 0 amide bonds. The lowest BCUT2D eigenvalue weighted by atomic mass is 10.1. The van der Waals surface area contributed by atoms with Crippen molar-refractivity contribution in [3.05, 3.63) is 82.6 Å². The highest BCUT2D eigenvalue weighted by Gasteiger charge is 2.02. The number of halogens is 1. The molecule has 2 nitrogen and oxygen atoms in total. The van der Waals surface area contributed by atoms with E-state index >= 15 is 0 Å². The van der Waals surface area contributed by atoms with Crippen LogP contribution in [0.4, 0.5) is 5.69 Å². The number of aromatic nitrogens is 1. The molecular weight excluding hydrogens is 336 g/mol. The van der Waals surface area contributed by atoms with Crippen molar-refractivity contribution in [3.8, 4) is 5.69 Å². The number of nitrogens with zero attached hydrogens (tertiary/aromatic N) is 2. The molecule has 0 aliphatic rings. The maximum absolute atomic E-state index is 4.67. The zero-order valence-corrected chi connectivity index (χ0v) is 14.0.